The third-order valence-corrected chi connectivity index (χ3v) is 3.62. The Morgan fingerprint density at radius 2 is 2.22 bits per heavy atom. The van der Waals surface area contributed by atoms with Crippen LogP contribution in [0.25, 0.3) is 5.69 Å². The molecule has 1 aromatic carbocycles. The van der Waals surface area contributed by atoms with Crippen LogP contribution in [0.4, 0.5) is 4.39 Å². The third-order valence-electron chi connectivity index (χ3n) is 3.62. The van der Waals surface area contributed by atoms with Gasteiger partial charge in [-0.15, -0.1) is 0 Å². The Morgan fingerprint density at radius 1 is 1.39 bits per heavy atom. The monoisotopic (exact) mass is 319 g/mol. The number of ether oxygens (including phenoxy) is 1. The summed E-state index contributed by atoms with van der Waals surface area (Å²) in [7, 11) is 0. The highest BCUT2D eigenvalue weighted by Crippen LogP contribution is 2.18. The summed E-state index contributed by atoms with van der Waals surface area (Å²) in [5.41, 5.74) is 0.301. The van der Waals surface area contributed by atoms with Gasteiger partial charge in [0.2, 0.25) is 0 Å². The first kappa shape index (κ1) is 15.2. The van der Waals surface area contributed by atoms with Crippen LogP contribution in [-0.2, 0) is 9.53 Å². The number of aromatic nitrogens is 2. The summed E-state index contributed by atoms with van der Waals surface area (Å²) in [5, 5.41) is 13.1. The number of benzene rings is 1. The summed E-state index contributed by atoms with van der Waals surface area (Å²) in [4.78, 5) is 24.9. The zero-order valence-corrected chi connectivity index (χ0v) is 12.1. The number of morpholine rings is 1. The molecule has 0 unspecified atom stereocenters. The predicted octanol–water partition coefficient (Wildman–Crippen LogP) is 0.937. The van der Waals surface area contributed by atoms with Gasteiger partial charge in [-0.2, -0.15) is 5.10 Å². The van der Waals surface area contributed by atoms with Gasteiger partial charge in [0.05, 0.1) is 13.2 Å². The van der Waals surface area contributed by atoms with E-state index in [4.69, 9.17) is 9.84 Å². The molecule has 1 saturated heterocycles. The minimum absolute atomic E-state index is 0.0745. The molecule has 1 amide bonds. The van der Waals surface area contributed by atoms with Gasteiger partial charge in [-0.25, -0.2) is 13.9 Å². The number of amides is 1. The molecule has 23 heavy (non-hydrogen) atoms. The highest BCUT2D eigenvalue weighted by molar-refractivity contribution is 5.97. The van der Waals surface area contributed by atoms with Crippen LogP contribution in [0.1, 0.15) is 10.4 Å². The Bertz CT molecular complexity index is 732. The van der Waals surface area contributed by atoms with Gasteiger partial charge < -0.3 is 14.7 Å². The Hall–Kier alpha value is -2.74. The molecular weight excluding hydrogens is 305 g/mol. The van der Waals surface area contributed by atoms with Crippen molar-refractivity contribution in [2.24, 2.45) is 0 Å². The number of hydrogen-bond acceptors (Lipinski definition) is 4. The van der Waals surface area contributed by atoms with Gasteiger partial charge in [-0.1, -0.05) is 0 Å². The molecule has 120 valence electrons. The molecule has 1 aromatic heterocycles. The van der Waals surface area contributed by atoms with Crippen LogP contribution >= 0.6 is 0 Å². The topological polar surface area (TPSA) is 84.7 Å². The van der Waals surface area contributed by atoms with E-state index in [-0.39, 0.29) is 31.0 Å². The fourth-order valence-electron chi connectivity index (χ4n) is 2.45. The van der Waals surface area contributed by atoms with Gasteiger partial charge in [0, 0.05) is 24.5 Å². The Kier molecular flexibility index (Phi) is 4.07. The first-order valence-electron chi connectivity index (χ1n) is 6.99. The minimum atomic E-state index is -1.15. The second-order valence-corrected chi connectivity index (χ2v) is 5.04. The molecule has 1 atom stereocenters. The predicted molar refractivity (Wildman–Crippen MR) is 76.8 cm³/mol. The summed E-state index contributed by atoms with van der Waals surface area (Å²) >= 11 is 0. The molecule has 7 nitrogen and oxygen atoms in total. The first-order chi connectivity index (χ1) is 11.1. The molecule has 3 rings (SSSR count). The number of carboxylic acids is 1. The lowest BCUT2D eigenvalue weighted by molar-refractivity contribution is -0.147. The average molecular weight is 319 g/mol. The van der Waals surface area contributed by atoms with Crippen molar-refractivity contribution in [1.82, 2.24) is 14.7 Å². The van der Waals surface area contributed by atoms with Crippen LogP contribution < -0.4 is 0 Å². The number of hydrogen-bond donors (Lipinski definition) is 1. The second-order valence-electron chi connectivity index (χ2n) is 5.04. The molecule has 0 spiro atoms. The Balaban J connectivity index is 1.87. The SMILES string of the molecule is O=C(O)[C@@H]1COCCN1C(=O)c1ccc(-n2cccn2)c(F)c1. The number of nitrogens with zero attached hydrogens (tertiary/aromatic N) is 3. The van der Waals surface area contributed by atoms with Gasteiger partial charge >= 0.3 is 5.97 Å². The molecule has 0 saturated carbocycles. The van der Waals surface area contributed by atoms with Crippen LogP contribution in [0.2, 0.25) is 0 Å². The van der Waals surface area contributed by atoms with Crippen molar-refractivity contribution in [2.45, 2.75) is 6.04 Å². The van der Waals surface area contributed by atoms with Crippen LogP contribution in [0, 0.1) is 5.82 Å². The second kappa shape index (κ2) is 6.17. The molecule has 0 bridgehead atoms. The largest absolute Gasteiger partial charge is 0.480 e. The summed E-state index contributed by atoms with van der Waals surface area (Å²) < 4.78 is 20.7. The maximum absolute atomic E-state index is 14.2. The van der Waals surface area contributed by atoms with Gasteiger partial charge in [-0.3, -0.25) is 4.79 Å². The standard InChI is InChI=1S/C15H14FN3O4/c16-11-8-10(2-3-12(11)19-5-1-4-17-19)14(20)18-6-7-23-9-13(18)15(21)22/h1-5,8,13H,6-7,9H2,(H,21,22)/t13-/m0/s1. The molecule has 0 aliphatic carbocycles. The van der Waals surface area contributed by atoms with Crippen molar-refractivity contribution in [3.63, 3.8) is 0 Å². The molecule has 1 aliphatic heterocycles. The van der Waals surface area contributed by atoms with Crippen LogP contribution in [0.15, 0.2) is 36.7 Å². The van der Waals surface area contributed by atoms with Crippen molar-refractivity contribution in [3.8, 4) is 5.69 Å². The van der Waals surface area contributed by atoms with Crippen molar-refractivity contribution in [1.29, 1.82) is 0 Å². The normalized spacial score (nSPS) is 18.0. The summed E-state index contributed by atoms with van der Waals surface area (Å²) in [6.45, 7) is 0.330. The quantitative estimate of drug-likeness (QED) is 0.910. The minimum Gasteiger partial charge on any atom is -0.480 e. The maximum Gasteiger partial charge on any atom is 0.328 e. The van der Waals surface area contributed by atoms with Crippen LogP contribution in [0.3, 0.4) is 0 Å². The summed E-state index contributed by atoms with van der Waals surface area (Å²) in [6, 6.07) is 4.57. The van der Waals surface area contributed by atoms with Gasteiger partial charge in [0.25, 0.3) is 5.91 Å². The van der Waals surface area contributed by atoms with E-state index >= 15 is 0 Å². The number of rotatable bonds is 3. The Morgan fingerprint density at radius 3 is 2.87 bits per heavy atom. The number of carboxylic acid groups (broad SMARTS) is 1. The van der Waals surface area contributed by atoms with Crippen molar-refractivity contribution >= 4 is 11.9 Å². The van der Waals surface area contributed by atoms with Crippen molar-refractivity contribution in [2.75, 3.05) is 19.8 Å². The van der Waals surface area contributed by atoms with E-state index in [9.17, 15) is 14.0 Å². The average Bonchev–Trinajstić information content (AvgIpc) is 3.08. The van der Waals surface area contributed by atoms with Crippen molar-refractivity contribution in [3.05, 3.63) is 48.0 Å². The van der Waals surface area contributed by atoms with E-state index in [1.165, 1.54) is 27.9 Å². The summed E-state index contributed by atoms with van der Waals surface area (Å²) in [6.07, 6.45) is 3.10. The zero-order valence-electron chi connectivity index (χ0n) is 12.1. The number of halogens is 1. The molecular formula is C15H14FN3O4. The molecule has 8 heteroatoms. The van der Waals surface area contributed by atoms with E-state index in [0.717, 1.165) is 6.07 Å². The van der Waals surface area contributed by atoms with Gasteiger partial charge in [-0.05, 0) is 24.3 Å². The van der Waals surface area contributed by atoms with Gasteiger partial charge in [0.15, 0.2) is 6.04 Å². The molecule has 2 aromatic rings. The van der Waals surface area contributed by atoms with E-state index < -0.39 is 23.7 Å². The molecule has 1 aliphatic rings. The lowest BCUT2D eigenvalue weighted by Gasteiger charge is -2.32. The van der Waals surface area contributed by atoms with Gasteiger partial charge in [0.1, 0.15) is 11.5 Å². The van der Waals surface area contributed by atoms with Crippen LogP contribution in [0.5, 0.6) is 0 Å². The highest BCUT2D eigenvalue weighted by Gasteiger charge is 2.33. The first-order valence-corrected chi connectivity index (χ1v) is 6.99. The fraction of sp³-hybridized carbons (Fsp3) is 0.267. The summed E-state index contributed by atoms with van der Waals surface area (Å²) in [5.74, 6) is -2.29. The van der Waals surface area contributed by atoms with Crippen LogP contribution in [-0.4, -0.2) is 57.5 Å². The van der Waals surface area contributed by atoms with E-state index in [1.807, 2.05) is 0 Å². The maximum atomic E-state index is 14.2. The third kappa shape index (κ3) is 2.93. The lowest BCUT2D eigenvalue weighted by Crippen LogP contribution is -2.52. The molecule has 1 fully saturated rings. The number of carbonyl (C=O) groups is 2. The zero-order chi connectivity index (χ0) is 16.4. The highest BCUT2D eigenvalue weighted by atomic mass is 19.1. The lowest BCUT2D eigenvalue weighted by atomic mass is 10.1. The van der Waals surface area contributed by atoms with E-state index in [1.54, 1.807) is 12.3 Å². The smallest absolute Gasteiger partial charge is 0.328 e. The number of carbonyl (C=O) groups excluding carboxylic acids is 1. The molecule has 1 N–H and O–H groups in total. The number of aliphatic carboxylic acids is 1. The Labute approximate surface area is 130 Å². The molecule has 0 radical (unpaired) electrons. The van der Waals surface area contributed by atoms with Crippen molar-refractivity contribution < 1.29 is 23.8 Å². The van der Waals surface area contributed by atoms with E-state index in [2.05, 4.69) is 5.10 Å². The molecule has 2 heterocycles. The fourth-order valence-corrected chi connectivity index (χ4v) is 2.45. The van der Waals surface area contributed by atoms with E-state index in [0.29, 0.717) is 0 Å².